The van der Waals surface area contributed by atoms with Crippen molar-refractivity contribution >= 4 is 28.8 Å². The lowest BCUT2D eigenvalue weighted by atomic mass is 9.99. The van der Waals surface area contributed by atoms with Gasteiger partial charge in [-0.1, -0.05) is 24.3 Å². The van der Waals surface area contributed by atoms with Crippen LogP contribution < -0.4 is 0 Å². The Balaban J connectivity index is 1.82. The molecule has 4 aromatic rings. The molecule has 0 N–H and O–H groups in total. The minimum Gasteiger partial charge on any atom is -0.464 e. The van der Waals surface area contributed by atoms with Crippen molar-refractivity contribution < 1.29 is 9.34 Å². The van der Waals surface area contributed by atoms with E-state index in [1.807, 2.05) is 48.6 Å². The number of furan rings is 1. The highest BCUT2D eigenvalue weighted by Crippen LogP contribution is 2.33. The highest BCUT2D eigenvalue weighted by Gasteiger charge is 2.12. The van der Waals surface area contributed by atoms with Gasteiger partial charge in [-0.2, -0.15) is 0 Å². The number of hydrogen-bond donors (Lipinski definition) is 0. The number of aromatic nitrogens is 1. The largest absolute Gasteiger partial charge is 0.464 e. The molecular formula is C21H14N2O3. The second-order valence-electron chi connectivity index (χ2n) is 5.83. The van der Waals surface area contributed by atoms with E-state index in [1.165, 1.54) is 6.07 Å². The van der Waals surface area contributed by atoms with Crippen LogP contribution in [0.4, 0.5) is 5.69 Å². The summed E-state index contributed by atoms with van der Waals surface area (Å²) in [6.07, 6.45) is 9.12. The van der Waals surface area contributed by atoms with Gasteiger partial charge in [-0.15, -0.1) is 0 Å². The van der Waals surface area contributed by atoms with E-state index in [1.54, 1.807) is 30.8 Å². The molecule has 0 aliphatic rings. The van der Waals surface area contributed by atoms with Gasteiger partial charge in [-0.3, -0.25) is 15.1 Å². The molecular weight excluding hydrogens is 328 g/mol. The maximum absolute atomic E-state index is 11.1. The first-order chi connectivity index (χ1) is 12.7. The first-order valence-corrected chi connectivity index (χ1v) is 8.05. The van der Waals surface area contributed by atoms with Crippen LogP contribution in [0.2, 0.25) is 0 Å². The van der Waals surface area contributed by atoms with Crippen LogP contribution in [0.25, 0.3) is 34.2 Å². The Labute approximate surface area is 149 Å². The predicted molar refractivity (Wildman–Crippen MR) is 101 cm³/mol. The topological polar surface area (TPSA) is 69.2 Å². The molecule has 5 heteroatoms. The quantitative estimate of drug-likeness (QED) is 0.359. The summed E-state index contributed by atoms with van der Waals surface area (Å²) in [6, 6.07) is 16.3. The van der Waals surface area contributed by atoms with Gasteiger partial charge in [-0.25, -0.2) is 0 Å². The molecule has 2 heterocycles. The fraction of sp³-hybridized carbons (Fsp3) is 0. The second-order valence-corrected chi connectivity index (χ2v) is 5.83. The number of nitro groups is 1. The fourth-order valence-corrected chi connectivity index (χ4v) is 2.87. The lowest BCUT2D eigenvalue weighted by Crippen LogP contribution is -1.88. The molecule has 126 valence electrons. The molecule has 0 saturated carbocycles. The Morgan fingerprint density at radius 3 is 2.58 bits per heavy atom. The third-order valence-electron chi connectivity index (χ3n) is 4.12. The van der Waals surface area contributed by atoms with Gasteiger partial charge in [0.15, 0.2) is 0 Å². The Kier molecular flexibility index (Phi) is 4.03. The molecule has 4 rings (SSSR count). The second kappa shape index (κ2) is 6.64. The van der Waals surface area contributed by atoms with E-state index in [0.29, 0.717) is 5.58 Å². The maximum atomic E-state index is 11.1. The zero-order chi connectivity index (χ0) is 17.9. The van der Waals surface area contributed by atoms with Crippen molar-refractivity contribution in [2.24, 2.45) is 0 Å². The molecule has 5 nitrogen and oxygen atoms in total. The van der Waals surface area contributed by atoms with Gasteiger partial charge in [0.1, 0.15) is 5.58 Å². The van der Waals surface area contributed by atoms with E-state index < -0.39 is 4.92 Å². The van der Waals surface area contributed by atoms with Crippen molar-refractivity contribution in [1.82, 2.24) is 4.98 Å². The smallest absolute Gasteiger partial charge is 0.270 e. The lowest BCUT2D eigenvalue weighted by molar-refractivity contribution is -0.384. The molecule has 0 radical (unpaired) electrons. The van der Waals surface area contributed by atoms with Crippen molar-refractivity contribution in [3.63, 3.8) is 0 Å². The minimum atomic E-state index is -0.393. The Morgan fingerprint density at radius 2 is 1.77 bits per heavy atom. The van der Waals surface area contributed by atoms with Crippen molar-refractivity contribution in [3.05, 3.63) is 94.5 Å². The first kappa shape index (κ1) is 15.8. The van der Waals surface area contributed by atoms with Crippen LogP contribution in [-0.4, -0.2) is 9.91 Å². The average Bonchev–Trinajstić information content (AvgIpc) is 3.15. The predicted octanol–water partition coefficient (Wildman–Crippen LogP) is 5.57. The van der Waals surface area contributed by atoms with Crippen LogP contribution in [0.1, 0.15) is 11.1 Å². The molecule has 0 atom stereocenters. The van der Waals surface area contributed by atoms with Crippen molar-refractivity contribution in [3.8, 4) is 11.1 Å². The highest BCUT2D eigenvalue weighted by atomic mass is 16.6. The summed E-state index contributed by atoms with van der Waals surface area (Å²) in [7, 11) is 0. The van der Waals surface area contributed by atoms with Gasteiger partial charge in [0.05, 0.1) is 11.2 Å². The standard InChI is InChI=1S/C21H14N2O3/c24-23(25)19-3-1-2-17(14-19)20-13-16(12-18-8-11-26-21(18)20)5-4-15-6-9-22-10-7-15/h1-14H. The Morgan fingerprint density at radius 1 is 0.962 bits per heavy atom. The third kappa shape index (κ3) is 3.10. The fourth-order valence-electron chi connectivity index (χ4n) is 2.87. The van der Waals surface area contributed by atoms with Crippen LogP contribution in [0.15, 0.2) is 77.7 Å². The van der Waals surface area contributed by atoms with Gasteiger partial charge in [0.25, 0.3) is 5.69 Å². The minimum absolute atomic E-state index is 0.0555. The summed E-state index contributed by atoms with van der Waals surface area (Å²) in [5.74, 6) is 0. The van der Waals surface area contributed by atoms with E-state index in [4.69, 9.17) is 4.42 Å². The van der Waals surface area contributed by atoms with Crippen LogP contribution in [0, 0.1) is 10.1 Å². The molecule has 0 spiro atoms. The van der Waals surface area contributed by atoms with Gasteiger partial charge in [0.2, 0.25) is 0 Å². The highest BCUT2D eigenvalue weighted by molar-refractivity contribution is 5.95. The number of rotatable bonds is 4. The SMILES string of the molecule is O=[N+]([O-])c1cccc(-c2cc(C=Cc3ccncc3)cc3ccoc23)c1. The zero-order valence-electron chi connectivity index (χ0n) is 13.7. The molecule has 0 fully saturated rings. The van der Waals surface area contributed by atoms with Crippen LogP contribution >= 0.6 is 0 Å². The molecule has 2 aromatic heterocycles. The monoisotopic (exact) mass is 342 g/mol. The normalized spacial score (nSPS) is 11.2. The number of pyridine rings is 1. The van der Waals surface area contributed by atoms with E-state index >= 15 is 0 Å². The summed E-state index contributed by atoms with van der Waals surface area (Å²) < 4.78 is 5.62. The van der Waals surface area contributed by atoms with Gasteiger partial charge in [-0.05, 0) is 47.0 Å². The van der Waals surface area contributed by atoms with E-state index in [9.17, 15) is 10.1 Å². The van der Waals surface area contributed by atoms with Crippen LogP contribution in [0.5, 0.6) is 0 Å². The first-order valence-electron chi connectivity index (χ1n) is 8.05. The molecule has 0 saturated heterocycles. The molecule has 0 amide bonds. The summed E-state index contributed by atoms with van der Waals surface area (Å²) in [5.41, 5.74) is 4.37. The Hall–Kier alpha value is -3.73. The molecule has 0 bridgehead atoms. The number of nitrogens with zero attached hydrogens (tertiary/aromatic N) is 2. The van der Waals surface area contributed by atoms with E-state index in [2.05, 4.69) is 4.98 Å². The van der Waals surface area contributed by atoms with Crippen molar-refractivity contribution in [1.29, 1.82) is 0 Å². The van der Waals surface area contributed by atoms with Gasteiger partial charge in [0, 0.05) is 35.5 Å². The Bertz CT molecular complexity index is 1110. The maximum Gasteiger partial charge on any atom is 0.270 e. The summed E-state index contributed by atoms with van der Waals surface area (Å²) in [5, 5.41) is 12.0. The van der Waals surface area contributed by atoms with Gasteiger partial charge < -0.3 is 4.42 Å². The number of benzene rings is 2. The summed E-state index contributed by atoms with van der Waals surface area (Å²) in [6.45, 7) is 0. The molecule has 0 aliphatic carbocycles. The molecule has 26 heavy (non-hydrogen) atoms. The number of nitro benzene ring substituents is 1. The lowest BCUT2D eigenvalue weighted by Gasteiger charge is -2.05. The van der Waals surface area contributed by atoms with Gasteiger partial charge >= 0.3 is 0 Å². The zero-order valence-corrected chi connectivity index (χ0v) is 13.7. The van der Waals surface area contributed by atoms with E-state index in [0.717, 1.165) is 27.6 Å². The summed E-state index contributed by atoms with van der Waals surface area (Å²) >= 11 is 0. The summed E-state index contributed by atoms with van der Waals surface area (Å²) in [4.78, 5) is 14.7. The van der Waals surface area contributed by atoms with E-state index in [-0.39, 0.29) is 5.69 Å². The van der Waals surface area contributed by atoms with Crippen LogP contribution in [-0.2, 0) is 0 Å². The molecule has 0 unspecified atom stereocenters. The number of fused-ring (bicyclic) bond motifs is 1. The average molecular weight is 342 g/mol. The van der Waals surface area contributed by atoms with Crippen LogP contribution in [0.3, 0.4) is 0 Å². The molecule has 2 aromatic carbocycles. The molecule has 0 aliphatic heterocycles. The number of non-ortho nitro benzene ring substituents is 1. The van der Waals surface area contributed by atoms with Crippen molar-refractivity contribution in [2.45, 2.75) is 0 Å². The number of hydrogen-bond acceptors (Lipinski definition) is 4. The van der Waals surface area contributed by atoms with Crippen molar-refractivity contribution in [2.75, 3.05) is 0 Å². The third-order valence-corrected chi connectivity index (χ3v) is 4.12.